The summed E-state index contributed by atoms with van der Waals surface area (Å²) in [7, 11) is -4.41. The molecule has 0 aliphatic heterocycles. The van der Waals surface area contributed by atoms with Gasteiger partial charge in [-0.15, -0.1) is 0 Å². The van der Waals surface area contributed by atoms with Gasteiger partial charge in [0.1, 0.15) is 0 Å². The Kier molecular flexibility index (Phi) is 1.71. The molecule has 0 fully saturated rings. The van der Waals surface area contributed by atoms with Crippen LogP contribution >= 0.6 is 0 Å². The molecule has 0 amide bonds. The fourth-order valence-corrected chi connectivity index (χ4v) is 0. The van der Waals surface area contributed by atoms with E-state index in [-0.39, 0.29) is 0 Å². The van der Waals surface area contributed by atoms with Crippen LogP contribution in [0.15, 0.2) is 0 Å². The highest BCUT2D eigenvalue weighted by atomic mass is 32.2. The van der Waals surface area contributed by atoms with Gasteiger partial charge in [-0.1, -0.05) is 0 Å². The lowest BCUT2D eigenvalue weighted by Crippen LogP contribution is -2.09. The van der Waals surface area contributed by atoms with Crippen LogP contribution < -0.4 is 0 Å². The van der Waals surface area contributed by atoms with Crippen LogP contribution in [-0.4, -0.2) is 18.5 Å². The number of hydrogen-bond donors (Lipinski definition) is 1. The second-order valence-corrected chi connectivity index (χ2v) is 2.74. The lowest BCUT2D eigenvalue weighted by Gasteiger charge is -1.90. The van der Waals surface area contributed by atoms with Gasteiger partial charge >= 0.3 is 0 Å². The largest absolute Gasteiger partial charge is 0.297 e. The Balaban J connectivity index is 4.10. The molecule has 0 spiro atoms. The van der Waals surface area contributed by atoms with Gasteiger partial charge in [0.15, 0.2) is 0 Å². The molecule has 0 aromatic rings. The molecule has 0 radical (unpaired) electrons. The van der Waals surface area contributed by atoms with Crippen molar-refractivity contribution in [2.75, 3.05) is 0 Å². The van der Waals surface area contributed by atoms with E-state index < -0.39 is 15.6 Å². The quantitative estimate of drug-likeness (QED) is 0.511. The van der Waals surface area contributed by atoms with E-state index in [2.05, 4.69) is 0 Å². The summed E-state index contributed by atoms with van der Waals surface area (Å²) < 4.78 is 38.1. The average Bonchev–Trinajstić information content (AvgIpc) is 1.31. The van der Waals surface area contributed by atoms with Crippen LogP contribution in [0.3, 0.4) is 0 Å². The van der Waals surface area contributed by atoms with Gasteiger partial charge in [-0.05, 0) is 6.92 Å². The van der Waals surface area contributed by atoms with Crippen molar-refractivity contribution in [1.29, 1.82) is 0 Å². The first-order valence-corrected chi connectivity index (χ1v) is 3.05. The van der Waals surface area contributed by atoms with E-state index in [1.807, 2.05) is 0 Å². The van der Waals surface area contributed by atoms with Crippen LogP contribution in [-0.2, 0) is 10.1 Å². The molecule has 0 rings (SSSR count). The Morgan fingerprint density at radius 2 is 1.86 bits per heavy atom. The molecule has 1 atom stereocenters. The van der Waals surface area contributed by atoms with Crippen LogP contribution in [0.2, 0.25) is 0 Å². The standard InChI is InChI=1S/C2H5FO3S/c1-2(3)7(4,5)6/h2H,1H3,(H,4,5,6)/i3-1. The van der Waals surface area contributed by atoms with Gasteiger partial charge in [0.25, 0.3) is 10.1 Å². The highest BCUT2D eigenvalue weighted by Crippen LogP contribution is 1.95. The summed E-state index contributed by atoms with van der Waals surface area (Å²) in [5.74, 6) is 0. The van der Waals surface area contributed by atoms with Crippen molar-refractivity contribution in [3.05, 3.63) is 0 Å². The zero-order valence-corrected chi connectivity index (χ0v) is 4.44. The third-order valence-electron chi connectivity index (χ3n) is 0.410. The summed E-state index contributed by atoms with van der Waals surface area (Å²) in [5, 5.41) is 0. The molecule has 0 bridgehead atoms. The maximum Gasteiger partial charge on any atom is 0.297 e. The van der Waals surface area contributed by atoms with E-state index in [0.29, 0.717) is 0 Å². The molecule has 0 saturated heterocycles. The summed E-state index contributed by atoms with van der Waals surface area (Å²) in [5.41, 5.74) is -2.17. The van der Waals surface area contributed by atoms with Crippen LogP contribution in [0.4, 0.5) is 4.39 Å². The van der Waals surface area contributed by atoms with E-state index in [9.17, 15) is 12.8 Å². The minimum Gasteiger partial charge on any atom is -0.283 e. The van der Waals surface area contributed by atoms with E-state index in [1.54, 1.807) is 0 Å². The molecular formula is C2H5FO3S. The van der Waals surface area contributed by atoms with Crippen LogP contribution in [0.5, 0.6) is 0 Å². The summed E-state index contributed by atoms with van der Waals surface area (Å²) in [4.78, 5) is 0. The maximum absolute atomic E-state index is 11.4. The highest BCUT2D eigenvalue weighted by molar-refractivity contribution is 7.86. The SMILES string of the molecule is CC([18F])S(=O)(=O)O. The van der Waals surface area contributed by atoms with Crippen molar-refractivity contribution in [2.24, 2.45) is 0 Å². The second-order valence-electron chi connectivity index (χ2n) is 1.06. The Morgan fingerprint density at radius 3 is 1.86 bits per heavy atom. The summed E-state index contributed by atoms with van der Waals surface area (Å²) in [6, 6.07) is 0. The third-order valence-corrected chi connectivity index (χ3v) is 1.23. The van der Waals surface area contributed by atoms with Crippen molar-refractivity contribution < 1.29 is 17.4 Å². The molecule has 3 nitrogen and oxygen atoms in total. The van der Waals surface area contributed by atoms with E-state index in [4.69, 9.17) is 4.55 Å². The van der Waals surface area contributed by atoms with E-state index >= 15 is 0 Å². The summed E-state index contributed by atoms with van der Waals surface area (Å²) in [6.07, 6.45) is 0. The molecule has 0 aliphatic rings. The third kappa shape index (κ3) is 2.52. The first-order valence-electron chi connectivity index (χ1n) is 1.55. The predicted molar refractivity (Wildman–Crippen MR) is 22.1 cm³/mol. The zero-order chi connectivity index (χ0) is 6.08. The Labute approximate surface area is 40.9 Å². The molecule has 44 valence electrons. The van der Waals surface area contributed by atoms with E-state index in [0.717, 1.165) is 6.92 Å². The molecule has 1 unspecified atom stereocenters. The van der Waals surface area contributed by atoms with Gasteiger partial charge in [-0.3, -0.25) is 4.55 Å². The van der Waals surface area contributed by atoms with E-state index in [1.165, 1.54) is 0 Å². The topological polar surface area (TPSA) is 54.4 Å². The highest BCUT2D eigenvalue weighted by Gasteiger charge is 2.13. The first-order chi connectivity index (χ1) is 2.94. The minimum absolute atomic E-state index is 0.745. The van der Waals surface area contributed by atoms with Crippen molar-refractivity contribution in [1.82, 2.24) is 0 Å². The summed E-state index contributed by atoms with van der Waals surface area (Å²) in [6.45, 7) is 0.745. The van der Waals surface area contributed by atoms with Crippen LogP contribution in [0.25, 0.3) is 0 Å². The van der Waals surface area contributed by atoms with Crippen LogP contribution in [0.1, 0.15) is 6.92 Å². The number of rotatable bonds is 1. The molecule has 0 aliphatic carbocycles. The predicted octanol–water partition coefficient (Wildman–Crippen LogP) is 0.190. The molecule has 5 heteroatoms. The molecule has 7 heavy (non-hydrogen) atoms. The van der Waals surface area contributed by atoms with Crippen molar-refractivity contribution in [3.8, 4) is 0 Å². The van der Waals surface area contributed by atoms with Crippen molar-refractivity contribution in [2.45, 2.75) is 12.4 Å². The fraction of sp³-hybridized carbons (Fsp3) is 1.00. The van der Waals surface area contributed by atoms with Gasteiger partial charge in [0.2, 0.25) is 5.50 Å². The Morgan fingerprint density at radius 1 is 1.71 bits per heavy atom. The number of alkyl halides is 1. The zero-order valence-electron chi connectivity index (χ0n) is 3.63. The van der Waals surface area contributed by atoms with Gasteiger partial charge in [-0.25, -0.2) is 4.39 Å². The molecule has 0 saturated carbocycles. The fourth-order valence-electron chi connectivity index (χ4n) is 0. The molecule has 1 N–H and O–H groups in total. The molecule has 0 heterocycles. The summed E-state index contributed by atoms with van der Waals surface area (Å²) >= 11 is 0. The van der Waals surface area contributed by atoms with Crippen molar-refractivity contribution >= 4 is 10.1 Å². The average molecular weight is 127 g/mol. The lowest BCUT2D eigenvalue weighted by molar-refractivity contribution is 0.390. The first kappa shape index (κ1) is 6.84. The minimum atomic E-state index is -4.41. The molecule has 0 aromatic carbocycles. The maximum atomic E-state index is 11.4. The molecule has 0 aromatic heterocycles. The normalized spacial score (nSPS) is 16.4. The van der Waals surface area contributed by atoms with Gasteiger partial charge in [-0.2, -0.15) is 8.42 Å². The van der Waals surface area contributed by atoms with Gasteiger partial charge < -0.3 is 0 Å². The van der Waals surface area contributed by atoms with Crippen molar-refractivity contribution in [3.63, 3.8) is 0 Å². The molecular weight excluding hydrogens is 122 g/mol. The van der Waals surface area contributed by atoms with Crippen LogP contribution in [0, 0.1) is 0 Å². The Bertz CT molecular complexity index is 135. The van der Waals surface area contributed by atoms with Gasteiger partial charge in [0.05, 0.1) is 0 Å². The number of hydrogen-bond acceptors (Lipinski definition) is 2. The second kappa shape index (κ2) is 1.75. The van der Waals surface area contributed by atoms with Gasteiger partial charge in [0, 0.05) is 0 Å². The lowest BCUT2D eigenvalue weighted by atomic mass is 10.9. The smallest absolute Gasteiger partial charge is 0.283 e. The Hall–Kier alpha value is -0.160. The number of halogens is 1. The monoisotopic (exact) mass is 127 g/mol.